The monoisotopic (exact) mass is 831 g/mol. The Bertz CT molecular complexity index is 1220. The molecule has 334 valence electrons. The lowest BCUT2D eigenvalue weighted by Gasteiger charge is -2.29. The van der Waals surface area contributed by atoms with Crippen molar-refractivity contribution in [3.63, 3.8) is 0 Å². The number of quaternary nitrogens is 1. The van der Waals surface area contributed by atoms with E-state index in [1.165, 1.54) is 57.8 Å². The van der Waals surface area contributed by atoms with Gasteiger partial charge in [0.25, 0.3) is 7.82 Å². The Balaban J connectivity index is 4.44. The van der Waals surface area contributed by atoms with E-state index in [0.29, 0.717) is 17.4 Å². The molecule has 0 fully saturated rings. The van der Waals surface area contributed by atoms with Crippen LogP contribution < -0.4 is 10.2 Å². The summed E-state index contributed by atoms with van der Waals surface area (Å²) in [6, 6.07) is -0.904. The number of hydrogen-bond donors (Lipinski definition) is 2. The van der Waals surface area contributed by atoms with Crippen molar-refractivity contribution in [1.29, 1.82) is 0 Å². The maximum atomic E-state index is 12.9. The highest BCUT2D eigenvalue weighted by Gasteiger charge is 2.23. The van der Waals surface area contributed by atoms with Crippen LogP contribution in [0.2, 0.25) is 0 Å². The van der Waals surface area contributed by atoms with Gasteiger partial charge in [-0.25, -0.2) is 0 Å². The van der Waals surface area contributed by atoms with Crippen LogP contribution in [0, 0.1) is 0 Å². The number of aliphatic hydroxyl groups is 1. The van der Waals surface area contributed by atoms with Crippen LogP contribution in [-0.2, 0) is 18.4 Å². The second-order valence-electron chi connectivity index (χ2n) is 16.4. The Morgan fingerprint density at radius 1 is 0.621 bits per heavy atom. The Kier molecular flexibility index (Phi) is 38.5. The van der Waals surface area contributed by atoms with Crippen LogP contribution in [0.1, 0.15) is 168 Å². The minimum atomic E-state index is -4.60. The summed E-state index contributed by atoms with van der Waals surface area (Å²) < 4.78 is 23.2. The number of hydrogen-bond acceptors (Lipinski definition) is 6. The molecule has 8 nitrogen and oxygen atoms in total. The largest absolute Gasteiger partial charge is 0.756 e. The molecule has 3 atom stereocenters. The van der Waals surface area contributed by atoms with Gasteiger partial charge < -0.3 is 28.8 Å². The predicted octanol–water partition coefficient (Wildman–Crippen LogP) is 12.3. The molecule has 3 unspecified atom stereocenters. The zero-order chi connectivity index (χ0) is 42.8. The quantitative estimate of drug-likeness (QED) is 0.0276. The van der Waals surface area contributed by atoms with Crippen molar-refractivity contribution in [2.45, 2.75) is 180 Å². The van der Waals surface area contributed by atoms with Crippen molar-refractivity contribution in [1.82, 2.24) is 5.32 Å². The summed E-state index contributed by atoms with van der Waals surface area (Å²) in [5.74, 6) is -0.227. The van der Waals surface area contributed by atoms with Gasteiger partial charge in [-0.05, 0) is 70.6 Å². The highest BCUT2D eigenvalue weighted by atomic mass is 31.2. The molecule has 0 aliphatic carbocycles. The summed E-state index contributed by atoms with van der Waals surface area (Å²) in [7, 11) is 1.23. The fraction of sp³-hybridized carbons (Fsp3) is 0.694. The SMILES string of the molecule is CC/C=C\C/C=C\C/C=C\C/C=C\C/C=C\C/C=C\CCCCCCC(=O)NC(COP(=O)([O-])OCC[N+](C)(C)C)C(O)/C=C/CCCCCCCCCCCCC. The average molecular weight is 831 g/mol. The van der Waals surface area contributed by atoms with Crippen molar-refractivity contribution in [3.05, 3.63) is 85.1 Å². The fourth-order valence-electron chi connectivity index (χ4n) is 5.98. The third-order valence-corrected chi connectivity index (χ3v) is 10.6. The van der Waals surface area contributed by atoms with Gasteiger partial charge in [0.2, 0.25) is 5.91 Å². The van der Waals surface area contributed by atoms with E-state index >= 15 is 0 Å². The first kappa shape index (κ1) is 55.7. The van der Waals surface area contributed by atoms with Gasteiger partial charge in [-0.15, -0.1) is 0 Å². The van der Waals surface area contributed by atoms with Crippen molar-refractivity contribution < 1.29 is 32.9 Å². The molecule has 0 aliphatic rings. The maximum Gasteiger partial charge on any atom is 0.268 e. The summed E-state index contributed by atoms with van der Waals surface area (Å²) in [5.41, 5.74) is 0. The van der Waals surface area contributed by atoms with Gasteiger partial charge >= 0.3 is 0 Å². The van der Waals surface area contributed by atoms with Crippen LogP contribution in [-0.4, -0.2) is 68.5 Å². The van der Waals surface area contributed by atoms with Gasteiger partial charge in [-0.2, -0.15) is 0 Å². The van der Waals surface area contributed by atoms with Crippen LogP contribution in [0.4, 0.5) is 0 Å². The lowest BCUT2D eigenvalue weighted by Crippen LogP contribution is -2.45. The zero-order valence-corrected chi connectivity index (χ0v) is 38.6. The molecule has 0 aromatic rings. The molecule has 0 heterocycles. The van der Waals surface area contributed by atoms with Gasteiger partial charge in [-0.1, -0.05) is 176 Å². The van der Waals surface area contributed by atoms with Crippen LogP contribution in [0.25, 0.3) is 0 Å². The Morgan fingerprint density at radius 3 is 1.53 bits per heavy atom. The van der Waals surface area contributed by atoms with E-state index in [4.69, 9.17) is 9.05 Å². The molecule has 0 saturated carbocycles. The third kappa shape index (κ3) is 41.8. The Morgan fingerprint density at radius 2 is 1.05 bits per heavy atom. The molecule has 2 N–H and O–H groups in total. The number of likely N-dealkylation sites (N-methyl/N-ethyl adjacent to an activating group) is 1. The van der Waals surface area contributed by atoms with E-state index in [-0.39, 0.29) is 12.5 Å². The highest BCUT2D eigenvalue weighted by molar-refractivity contribution is 7.45. The second-order valence-corrected chi connectivity index (χ2v) is 17.8. The number of phosphoric acid groups is 1. The average Bonchev–Trinajstić information content (AvgIpc) is 3.17. The molecule has 0 radical (unpaired) electrons. The number of aliphatic hydroxyl groups excluding tert-OH is 1. The first-order valence-corrected chi connectivity index (χ1v) is 24.4. The van der Waals surface area contributed by atoms with E-state index in [9.17, 15) is 19.4 Å². The minimum absolute atomic E-state index is 0.0111. The fourth-order valence-corrected chi connectivity index (χ4v) is 6.70. The first-order chi connectivity index (χ1) is 28.0. The predicted molar refractivity (Wildman–Crippen MR) is 246 cm³/mol. The minimum Gasteiger partial charge on any atom is -0.756 e. The van der Waals surface area contributed by atoms with Gasteiger partial charge in [0.1, 0.15) is 13.2 Å². The van der Waals surface area contributed by atoms with Crippen molar-refractivity contribution in [3.8, 4) is 0 Å². The number of nitrogens with one attached hydrogen (secondary N) is 1. The molecule has 0 aliphatic heterocycles. The number of unbranched alkanes of at least 4 members (excludes halogenated alkanes) is 15. The third-order valence-electron chi connectivity index (χ3n) is 9.61. The molecule has 0 aromatic heterocycles. The molecular weight excluding hydrogens is 744 g/mol. The highest BCUT2D eigenvalue weighted by Crippen LogP contribution is 2.38. The van der Waals surface area contributed by atoms with Crippen LogP contribution >= 0.6 is 7.82 Å². The summed E-state index contributed by atoms with van der Waals surface area (Å²) >= 11 is 0. The molecule has 58 heavy (non-hydrogen) atoms. The van der Waals surface area contributed by atoms with Crippen LogP contribution in [0.15, 0.2) is 85.1 Å². The number of phosphoric ester groups is 1. The summed E-state index contributed by atoms with van der Waals surface area (Å²) in [5, 5.41) is 13.8. The van der Waals surface area contributed by atoms with Gasteiger partial charge in [-0.3, -0.25) is 9.36 Å². The maximum absolute atomic E-state index is 12.9. The number of nitrogens with zero attached hydrogens (tertiary/aromatic N) is 1. The molecule has 0 bridgehead atoms. The number of allylic oxidation sites excluding steroid dienone is 13. The van der Waals surface area contributed by atoms with Gasteiger partial charge in [0.15, 0.2) is 0 Å². The van der Waals surface area contributed by atoms with Crippen molar-refractivity contribution >= 4 is 13.7 Å². The summed E-state index contributed by atoms with van der Waals surface area (Å²) in [6.45, 7) is 4.48. The zero-order valence-electron chi connectivity index (χ0n) is 37.7. The topological polar surface area (TPSA) is 108 Å². The number of carbonyl (C=O) groups excluding carboxylic acids is 1. The van der Waals surface area contributed by atoms with Crippen LogP contribution in [0.3, 0.4) is 0 Å². The van der Waals surface area contributed by atoms with Crippen molar-refractivity contribution in [2.24, 2.45) is 0 Å². The summed E-state index contributed by atoms with van der Waals surface area (Å²) in [6.07, 6.45) is 54.8. The van der Waals surface area contributed by atoms with Gasteiger partial charge in [0.05, 0.1) is 39.9 Å². The van der Waals surface area contributed by atoms with Crippen LogP contribution in [0.5, 0.6) is 0 Å². The lowest BCUT2D eigenvalue weighted by molar-refractivity contribution is -0.870. The number of carbonyl (C=O) groups is 1. The standard InChI is InChI=1S/C49H87N2O6P/c1-6-8-10-12-14-16-18-20-21-22-23-24-25-26-27-28-29-31-33-35-37-39-41-43-49(53)50-47(46-57-58(54,55)56-45-44-51(3,4)5)48(52)42-40-38-36-34-32-30-19-17-15-13-11-9-7-2/h8,10,14,16,20-21,23-24,26-27,29,31,40,42,47-48,52H,6-7,9,11-13,15,17-19,22,25,28,30,32-39,41,43-46H2,1-5H3,(H-,50,53,54,55)/b10-8-,16-14-,21-20-,24-23-,27-26-,31-29-,42-40+. The first-order valence-electron chi connectivity index (χ1n) is 22.9. The van der Waals surface area contributed by atoms with E-state index in [2.05, 4.69) is 92.1 Å². The Hall–Kier alpha value is -2.32. The van der Waals surface area contributed by atoms with E-state index < -0.39 is 26.6 Å². The molecule has 0 spiro atoms. The Labute approximate surface area is 356 Å². The normalized spacial score (nSPS) is 15.1. The van der Waals surface area contributed by atoms with E-state index in [1.54, 1.807) is 6.08 Å². The molecule has 1 amide bonds. The number of amides is 1. The molecular formula is C49H87N2O6P. The molecule has 0 rings (SSSR count). The number of rotatable bonds is 40. The van der Waals surface area contributed by atoms with Crippen molar-refractivity contribution in [2.75, 3.05) is 40.9 Å². The lowest BCUT2D eigenvalue weighted by atomic mass is 10.0. The molecule has 0 saturated heterocycles. The van der Waals surface area contributed by atoms with Gasteiger partial charge in [0, 0.05) is 6.42 Å². The molecule has 0 aromatic carbocycles. The summed E-state index contributed by atoms with van der Waals surface area (Å²) in [4.78, 5) is 25.3. The molecule has 9 heteroatoms. The second kappa shape index (κ2) is 40.1. The smallest absolute Gasteiger partial charge is 0.268 e. The van der Waals surface area contributed by atoms with E-state index in [0.717, 1.165) is 89.9 Å². The van der Waals surface area contributed by atoms with E-state index in [1.807, 2.05) is 27.2 Å².